The number of aliphatic hydroxyl groups is 1. The normalized spacial score (nSPS) is 14.0. The number of hydrogen-bond donors (Lipinski definition) is 1. The first kappa shape index (κ1) is 20.6. The van der Waals surface area contributed by atoms with Crippen molar-refractivity contribution in [3.8, 4) is 0 Å². The Morgan fingerprint density at radius 2 is 1.37 bits per heavy atom. The van der Waals surface area contributed by atoms with Crippen LogP contribution in [0.25, 0.3) is 21.8 Å². The van der Waals surface area contributed by atoms with Crippen LogP contribution in [-0.4, -0.2) is 30.5 Å². The maximum atomic E-state index is 10.8. The third kappa shape index (κ3) is 3.86. The van der Waals surface area contributed by atoms with Crippen LogP contribution in [0.15, 0.2) is 49.1 Å². The fourth-order valence-corrected chi connectivity index (χ4v) is 4.05. The Morgan fingerprint density at radius 1 is 0.833 bits per heavy atom. The molecule has 0 amide bonds. The zero-order valence-corrected chi connectivity index (χ0v) is 18.8. The molecular weight excluding hydrogens is 372 g/mol. The van der Waals surface area contributed by atoms with Crippen molar-refractivity contribution in [1.29, 1.82) is 0 Å². The van der Waals surface area contributed by atoms with Gasteiger partial charge in [-0.05, 0) is 46.2 Å². The summed E-state index contributed by atoms with van der Waals surface area (Å²) in [6, 6.07) is 13.5. The highest BCUT2D eigenvalue weighted by Crippen LogP contribution is 2.36. The molecule has 5 nitrogen and oxygen atoms in total. The van der Waals surface area contributed by atoms with Gasteiger partial charge in [0.15, 0.2) is 0 Å². The van der Waals surface area contributed by atoms with Crippen LogP contribution >= 0.6 is 0 Å². The van der Waals surface area contributed by atoms with Crippen molar-refractivity contribution in [3.05, 3.63) is 60.2 Å². The largest absolute Gasteiger partial charge is 0.389 e. The summed E-state index contributed by atoms with van der Waals surface area (Å²) in [6.07, 6.45) is 2.57. The molecule has 0 bridgehead atoms. The van der Waals surface area contributed by atoms with Gasteiger partial charge in [0, 0.05) is 21.8 Å². The standard InChI is InChI=1S/C25H32N4O/c1-24(2,3)17-7-9-22-20(11-17)21-12-18(25(4,5)6)8-10-23(21)29(22)14-19(30)13-28-16-26-15-27-28/h7-12,15-16,19,30H,13-14H2,1-6H3. The number of hydrogen-bond acceptors (Lipinski definition) is 3. The van der Waals surface area contributed by atoms with Crippen molar-refractivity contribution in [2.45, 2.75) is 71.6 Å². The number of aliphatic hydroxyl groups excluding tert-OH is 1. The molecule has 1 N–H and O–H groups in total. The summed E-state index contributed by atoms with van der Waals surface area (Å²) in [5.74, 6) is 0. The molecule has 2 aromatic heterocycles. The van der Waals surface area contributed by atoms with E-state index in [1.54, 1.807) is 11.0 Å². The Hall–Kier alpha value is -2.66. The lowest BCUT2D eigenvalue weighted by Gasteiger charge is -2.19. The van der Waals surface area contributed by atoms with Gasteiger partial charge in [-0.3, -0.25) is 4.68 Å². The Balaban J connectivity index is 1.87. The van der Waals surface area contributed by atoms with Crippen LogP contribution in [0.3, 0.4) is 0 Å². The predicted molar refractivity (Wildman–Crippen MR) is 123 cm³/mol. The van der Waals surface area contributed by atoms with E-state index in [1.165, 1.54) is 28.2 Å². The van der Waals surface area contributed by atoms with Gasteiger partial charge in [-0.15, -0.1) is 0 Å². The van der Waals surface area contributed by atoms with E-state index in [1.807, 2.05) is 0 Å². The van der Waals surface area contributed by atoms with Crippen LogP contribution in [0.1, 0.15) is 52.7 Å². The van der Waals surface area contributed by atoms with Crippen molar-refractivity contribution in [2.75, 3.05) is 0 Å². The fraction of sp³-hybridized carbons (Fsp3) is 0.440. The van der Waals surface area contributed by atoms with E-state index in [2.05, 4.69) is 92.6 Å². The van der Waals surface area contributed by atoms with Crippen molar-refractivity contribution in [3.63, 3.8) is 0 Å². The zero-order valence-electron chi connectivity index (χ0n) is 18.8. The molecular formula is C25H32N4O. The molecule has 0 aliphatic heterocycles. The van der Waals surface area contributed by atoms with Gasteiger partial charge in [-0.25, -0.2) is 4.98 Å². The molecule has 0 aliphatic rings. The Morgan fingerprint density at radius 3 is 1.80 bits per heavy atom. The number of benzene rings is 2. The van der Waals surface area contributed by atoms with Crippen LogP contribution < -0.4 is 0 Å². The molecule has 4 aromatic rings. The first-order chi connectivity index (χ1) is 14.0. The highest BCUT2D eigenvalue weighted by Gasteiger charge is 2.21. The zero-order chi connectivity index (χ0) is 21.7. The summed E-state index contributed by atoms with van der Waals surface area (Å²) >= 11 is 0. The molecule has 5 heteroatoms. The molecule has 0 spiro atoms. The number of aromatic nitrogens is 4. The minimum Gasteiger partial charge on any atom is -0.389 e. The molecule has 0 radical (unpaired) electrons. The first-order valence-electron chi connectivity index (χ1n) is 10.6. The van der Waals surface area contributed by atoms with Gasteiger partial charge in [0.2, 0.25) is 0 Å². The van der Waals surface area contributed by atoms with Crippen molar-refractivity contribution in [2.24, 2.45) is 0 Å². The summed E-state index contributed by atoms with van der Waals surface area (Å²) in [5.41, 5.74) is 5.11. The monoisotopic (exact) mass is 404 g/mol. The van der Waals surface area contributed by atoms with Crippen molar-refractivity contribution >= 4 is 21.8 Å². The van der Waals surface area contributed by atoms with Crippen LogP contribution in [0.2, 0.25) is 0 Å². The lowest BCUT2D eigenvalue weighted by atomic mass is 9.85. The lowest BCUT2D eigenvalue weighted by molar-refractivity contribution is 0.132. The molecule has 0 fully saturated rings. The summed E-state index contributed by atoms with van der Waals surface area (Å²) in [5, 5.41) is 17.4. The van der Waals surface area contributed by atoms with Gasteiger partial charge in [-0.1, -0.05) is 53.7 Å². The molecule has 0 saturated carbocycles. The maximum Gasteiger partial charge on any atom is 0.137 e. The third-order valence-electron chi connectivity index (χ3n) is 5.85. The average molecular weight is 405 g/mol. The molecule has 1 atom stereocenters. The van der Waals surface area contributed by atoms with Gasteiger partial charge in [0.1, 0.15) is 12.7 Å². The summed E-state index contributed by atoms with van der Waals surface area (Å²) in [7, 11) is 0. The van der Waals surface area contributed by atoms with E-state index < -0.39 is 6.10 Å². The van der Waals surface area contributed by atoms with Crippen molar-refractivity contribution < 1.29 is 5.11 Å². The molecule has 0 saturated heterocycles. The Labute approximate surface area is 178 Å². The SMILES string of the molecule is CC(C)(C)c1ccc2c(c1)c1cc(C(C)(C)C)ccc1n2CC(O)Cn1cncn1. The topological polar surface area (TPSA) is 55.9 Å². The van der Waals surface area contributed by atoms with Crippen molar-refractivity contribution in [1.82, 2.24) is 19.3 Å². The quantitative estimate of drug-likeness (QED) is 0.518. The summed E-state index contributed by atoms with van der Waals surface area (Å²) in [6.45, 7) is 14.4. The Kier molecular flexibility index (Phi) is 4.97. The predicted octanol–water partition coefficient (Wildman–Crippen LogP) is 5.04. The van der Waals surface area contributed by atoms with Gasteiger partial charge in [0.05, 0.1) is 19.2 Å². The van der Waals surface area contributed by atoms with E-state index in [0.29, 0.717) is 13.1 Å². The maximum absolute atomic E-state index is 10.8. The van der Waals surface area contributed by atoms with E-state index in [9.17, 15) is 5.11 Å². The molecule has 0 aliphatic carbocycles. The smallest absolute Gasteiger partial charge is 0.137 e. The van der Waals surface area contributed by atoms with Gasteiger partial charge in [-0.2, -0.15) is 5.10 Å². The van der Waals surface area contributed by atoms with Crippen LogP contribution in [0.4, 0.5) is 0 Å². The highest BCUT2D eigenvalue weighted by atomic mass is 16.3. The van der Waals surface area contributed by atoms with Crippen LogP contribution in [0, 0.1) is 0 Å². The molecule has 4 rings (SSSR count). The Bertz CT molecular complexity index is 1100. The summed E-state index contributed by atoms with van der Waals surface area (Å²) in [4.78, 5) is 3.97. The van der Waals surface area contributed by atoms with E-state index in [0.717, 1.165) is 11.0 Å². The van der Waals surface area contributed by atoms with E-state index >= 15 is 0 Å². The van der Waals surface area contributed by atoms with Gasteiger partial charge < -0.3 is 9.67 Å². The van der Waals surface area contributed by atoms with Crippen LogP contribution in [-0.2, 0) is 23.9 Å². The molecule has 30 heavy (non-hydrogen) atoms. The van der Waals surface area contributed by atoms with Gasteiger partial charge >= 0.3 is 0 Å². The average Bonchev–Trinajstić information content (AvgIpc) is 3.26. The van der Waals surface area contributed by atoms with Crippen LogP contribution in [0.5, 0.6) is 0 Å². The second-order valence-electron chi connectivity index (χ2n) is 10.3. The van der Waals surface area contributed by atoms with E-state index in [4.69, 9.17) is 0 Å². The first-order valence-corrected chi connectivity index (χ1v) is 10.6. The molecule has 1 unspecified atom stereocenters. The molecule has 158 valence electrons. The second-order valence-corrected chi connectivity index (χ2v) is 10.3. The molecule has 2 aromatic carbocycles. The number of rotatable bonds is 4. The van der Waals surface area contributed by atoms with E-state index in [-0.39, 0.29) is 10.8 Å². The second kappa shape index (κ2) is 7.24. The number of fused-ring (bicyclic) bond motifs is 3. The fourth-order valence-electron chi connectivity index (χ4n) is 4.05. The third-order valence-corrected chi connectivity index (χ3v) is 5.85. The highest BCUT2D eigenvalue weighted by molar-refractivity contribution is 6.08. The lowest BCUT2D eigenvalue weighted by Crippen LogP contribution is -2.22. The minimum atomic E-state index is -0.560. The summed E-state index contributed by atoms with van der Waals surface area (Å²) < 4.78 is 3.92. The number of nitrogens with zero attached hydrogens (tertiary/aromatic N) is 4. The minimum absolute atomic E-state index is 0.0802. The molecule has 2 heterocycles. The van der Waals surface area contributed by atoms with Gasteiger partial charge in [0.25, 0.3) is 0 Å².